The smallest absolute Gasteiger partial charge is 0.347 e. The average molecular weight is 391 g/mol. The predicted molar refractivity (Wildman–Crippen MR) is 97.5 cm³/mol. The summed E-state index contributed by atoms with van der Waals surface area (Å²) in [6, 6.07) is 8.80. The molecule has 0 aromatic heterocycles. The summed E-state index contributed by atoms with van der Waals surface area (Å²) in [5.41, 5.74) is 0.382. The van der Waals surface area contributed by atoms with Gasteiger partial charge in [-0.05, 0) is 44.2 Å². The van der Waals surface area contributed by atoms with Gasteiger partial charge >= 0.3 is 5.97 Å². The molecule has 0 N–H and O–H groups in total. The number of rotatable bonds is 5. The number of ketones is 1. The molecule has 1 unspecified atom stereocenters. The molecule has 1 atom stereocenters. The van der Waals surface area contributed by atoms with Crippen molar-refractivity contribution in [2.75, 3.05) is 6.61 Å². The number of carbonyl (C=O) groups excluding carboxylic acids is 2. The summed E-state index contributed by atoms with van der Waals surface area (Å²) in [5.74, 6) is -0.902. The molecule has 7 heteroatoms. The number of benzene rings is 2. The van der Waals surface area contributed by atoms with Crippen molar-refractivity contribution < 1.29 is 28.2 Å². The van der Waals surface area contributed by atoms with Gasteiger partial charge in [0.2, 0.25) is 5.78 Å². The first kappa shape index (κ1) is 18.9. The summed E-state index contributed by atoms with van der Waals surface area (Å²) < 4.78 is 29.9. The van der Waals surface area contributed by atoms with Gasteiger partial charge < -0.3 is 14.2 Å². The summed E-state index contributed by atoms with van der Waals surface area (Å²) in [6.07, 6.45) is 0.453. The molecule has 0 saturated carbocycles. The standard InChI is InChI=1S/C20H16ClFO5/c1-3-25-20(24)11(2)26-12-7-8-13-17(9-12)27-18(19(13)23)10-14-15(21)5-4-6-16(14)22/h4-11H,3H2,1-2H3. The summed E-state index contributed by atoms with van der Waals surface area (Å²) in [7, 11) is 0. The van der Waals surface area contributed by atoms with E-state index in [1.807, 2.05) is 0 Å². The Balaban J connectivity index is 1.83. The van der Waals surface area contributed by atoms with E-state index in [2.05, 4.69) is 0 Å². The quantitative estimate of drug-likeness (QED) is 0.558. The van der Waals surface area contributed by atoms with Crippen molar-refractivity contribution in [3.63, 3.8) is 0 Å². The second kappa shape index (κ2) is 7.80. The fourth-order valence-electron chi connectivity index (χ4n) is 2.53. The van der Waals surface area contributed by atoms with Gasteiger partial charge in [0.15, 0.2) is 11.9 Å². The number of halogens is 2. The second-order valence-electron chi connectivity index (χ2n) is 5.75. The van der Waals surface area contributed by atoms with Gasteiger partial charge in [0.1, 0.15) is 17.3 Å². The number of esters is 1. The summed E-state index contributed by atoms with van der Waals surface area (Å²) >= 11 is 5.99. The van der Waals surface area contributed by atoms with E-state index in [9.17, 15) is 14.0 Å². The topological polar surface area (TPSA) is 61.8 Å². The van der Waals surface area contributed by atoms with E-state index in [0.29, 0.717) is 11.3 Å². The molecule has 0 saturated heterocycles. The van der Waals surface area contributed by atoms with Crippen LogP contribution in [0.2, 0.25) is 5.02 Å². The molecule has 27 heavy (non-hydrogen) atoms. The first-order valence-corrected chi connectivity index (χ1v) is 8.64. The van der Waals surface area contributed by atoms with E-state index in [1.165, 1.54) is 36.4 Å². The van der Waals surface area contributed by atoms with Gasteiger partial charge in [0, 0.05) is 11.6 Å². The van der Waals surface area contributed by atoms with Crippen LogP contribution in [0, 0.1) is 5.82 Å². The van der Waals surface area contributed by atoms with Crippen molar-refractivity contribution in [2.45, 2.75) is 20.0 Å². The largest absolute Gasteiger partial charge is 0.479 e. The molecule has 3 rings (SSSR count). The van der Waals surface area contributed by atoms with Crippen LogP contribution in [-0.2, 0) is 9.53 Å². The molecule has 0 fully saturated rings. The molecule has 0 spiro atoms. The maximum atomic E-state index is 13.9. The lowest BCUT2D eigenvalue weighted by molar-refractivity contribution is -0.150. The average Bonchev–Trinajstić information content (AvgIpc) is 2.93. The molecule has 5 nitrogen and oxygen atoms in total. The van der Waals surface area contributed by atoms with E-state index in [0.717, 1.165) is 0 Å². The van der Waals surface area contributed by atoms with Crippen LogP contribution in [0.25, 0.3) is 6.08 Å². The van der Waals surface area contributed by atoms with E-state index in [-0.39, 0.29) is 28.7 Å². The molecule has 0 bridgehead atoms. The van der Waals surface area contributed by atoms with Crippen molar-refractivity contribution in [1.82, 2.24) is 0 Å². The summed E-state index contributed by atoms with van der Waals surface area (Å²) in [6.45, 7) is 3.51. The lowest BCUT2D eigenvalue weighted by atomic mass is 10.1. The van der Waals surface area contributed by atoms with Crippen molar-refractivity contribution in [3.8, 4) is 11.5 Å². The molecule has 1 aliphatic heterocycles. The fourth-order valence-corrected chi connectivity index (χ4v) is 2.75. The molecule has 2 aromatic rings. The highest BCUT2D eigenvalue weighted by Gasteiger charge is 2.29. The van der Waals surface area contributed by atoms with Gasteiger partial charge in [0.05, 0.1) is 17.2 Å². The zero-order valence-electron chi connectivity index (χ0n) is 14.6. The predicted octanol–water partition coefficient (Wildman–Crippen LogP) is 4.43. The second-order valence-corrected chi connectivity index (χ2v) is 6.15. The normalized spacial score (nSPS) is 15.3. The van der Waals surface area contributed by atoms with Crippen LogP contribution in [0.3, 0.4) is 0 Å². The van der Waals surface area contributed by atoms with Crippen LogP contribution in [-0.4, -0.2) is 24.5 Å². The number of ether oxygens (including phenoxy) is 3. The third kappa shape index (κ3) is 3.95. The van der Waals surface area contributed by atoms with Crippen LogP contribution in [0.5, 0.6) is 11.5 Å². The molecular formula is C20H16ClFO5. The van der Waals surface area contributed by atoms with Crippen LogP contribution in [0.4, 0.5) is 4.39 Å². The molecule has 140 valence electrons. The SMILES string of the molecule is CCOC(=O)C(C)Oc1ccc2c(c1)OC(=Cc1c(F)cccc1Cl)C2=O. The first-order chi connectivity index (χ1) is 12.9. The van der Waals surface area contributed by atoms with E-state index in [4.69, 9.17) is 25.8 Å². The van der Waals surface area contributed by atoms with Gasteiger partial charge in [-0.15, -0.1) is 0 Å². The summed E-state index contributed by atoms with van der Waals surface area (Å²) in [4.78, 5) is 24.1. The number of allylic oxidation sites excluding steroid dienone is 1. The molecule has 0 amide bonds. The Kier molecular flexibility index (Phi) is 5.46. The number of carbonyl (C=O) groups is 2. The minimum Gasteiger partial charge on any atom is -0.479 e. The van der Waals surface area contributed by atoms with Gasteiger partial charge in [-0.2, -0.15) is 0 Å². The molecule has 0 radical (unpaired) electrons. The van der Waals surface area contributed by atoms with Crippen molar-refractivity contribution in [3.05, 3.63) is 64.1 Å². The number of hydrogen-bond acceptors (Lipinski definition) is 5. The van der Waals surface area contributed by atoms with Gasteiger partial charge in [-0.3, -0.25) is 4.79 Å². The maximum absolute atomic E-state index is 13.9. The van der Waals surface area contributed by atoms with Gasteiger partial charge in [-0.1, -0.05) is 17.7 Å². The van der Waals surface area contributed by atoms with Crippen LogP contribution in [0.1, 0.15) is 29.8 Å². The Hall–Kier alpha value is -2.86. The fraction of sp³-hybridized carbons (Fsp3) is 0.200. The van der Waals surface area contributed by atoms with E-state index < -0.39 is 23.7 Å². The third-order valence-corrected chi connectivity index (χ3v) is 4.18. The maximum Gasteiger partial charge on any atom is 0.347 e. The Bertz CT molecular complexity index is 918. The van der Waals surface area contributed by atoms with Crippen molar-refractivity contribution in [2.24, 2.45) is 0 Å². The first-order valence-electron chi connectivity index (χ1n) is 8.26. The minimum absolute atomic E-state index is 0.0485. The monoisotopic (exact) mass is 390 g/mol. The highest BCUT2D eigenvalue weighted by molar-refractivity contribution is 6.32. The Morgan fingerprint density at radius 3 is 2.81 bits per heavy atom. The number of Topliss-reactive ketones (excluding diaryl/α,β-unsaturated/α-hetero) is 1. The Morgan fingerprint density at radius 1 is 1.33 bits per heavy atom. The third-order valence-electron chi connectivity index (χ3n) is 3.85. The van der Waals surface area contributed by atoms with Crippen molar-refractivity contribution in [1.29, 1.82) is 0 Å². The van der Waals surface area contributed by atoms with Crippen LogP contribution >= 0.6 is 11.6 Å². The number of hydrogen-bond donors (Lipinski definition) is 0. The van der Waals surface area contributed by atoms with E-state index >= 15 is 0 Å². The van der Waals surface area contributed by atoms with Gasteiger partial charge in [0.25, 0.3) is 0 Å². The van der Waals surface area contributed by atoms with Crippen LogP contribution < -0.4 is 9.47 Å². The molecule has 0 aliphatic carbocycles. The van der Waals surface area contributed by atoms with Crippen LogP contribution in [0.15, 0.2) is 42.2 Å². The highest BCUT2D eigenvalue weighted by atomic mass is 35.5. The number of fused-ring (bicyclic) bond motifs is 1. The minimum atomic E-state index is -0.813. The summed E-state index contributed by atoms with van der Waals surface area (Å²) in [5, 5.41) is 0.169. The lowest BCUT2D eigenvalue weighted by Gasteiger charge is -2.13. The molecule has 1 aliphatic rings. The lowest BCUT2D eigenvalue weighted by Crippen LogP contribution is -2.26. The van der Waals surface area contributed by atoms with E-state index in [1.54, 1.807) is 19.9 Å². The molecule has 1 heterocycles. The molecular weight excluding hydrogens is 375 g/mol. The zero-order valence-corrected chi connectivity index (χ0v) is 15.4. The Morgan fingerprint density at radius 2 is 2.11 bits per heavy atom. The van der Waals surface area contributed by atoms with Crippen molar-refractivity contribution >= 4 is 29.4 Å². The Labute approximate surface area is 160 Å². The highest BCUT2D eigenvalue weighted by Crippen LogP contribution is 2.36. The van der Waals surface area contributed by atoms with Gasteiger partial charge in [-0.25, -0.2) is 9.18 Å². The zero-order chi connectivity index (χ0) is 19.6. The molecule has 2 aromatic carbocycles.